The minimum Gasteiger partial charge on any atom is -0.298 e. The molecule has 17 heavy (non-hydrogen) atoms. The molecule has 0 aromatic heterocycles. The van der Waals surface area contributed by atoms with E-state index in [-0.39, 0.29) is 0 Å². The van der Waals surface area contributed by atoms with E-state index >= 15 is 0 Å². The van der Waals surface area contributed by atoms with Gasteiger partial charge < -0.3 is 0 Å². The third-order valence-electron chi connectivity index (χ3n) is 4.53. The van der Waals surface area contributed by atoms with Crippen molar-refractivity contribution < 1.29 is 0 Å². The van der Waals surface area contributed by atoms with Gasteiger partial charge in [0, 0.05) is 37.0 Å². The first-order valence-corrected chi connectivity index (χ1v) is 8.64. The molecule has 2 aliphatic rings. The molecule has 0 radical (unpaired) electrons. The lowest BCUT2D eigenvalue weighted by Crippen LogP contribution is -2.61. The van der Waals surface area contributed by atoms with Crippen LogP contribution in [0.3, 0.4) is 0 Å². The van der Waals surface area contributed by atoms with Gasteiger partial charge >= 0.3 is 0 Å². The average Bonchev–Trinajstić information content (AvgIpc) is 2.37. The summed E-state index contributed by atoms with van der Waals surface area (Å²) in [5, 5.41) is 0. The zero-order valence-electron chi connectivity index (χ0n) is 11.7. The fourth-order valence-corrected chi connectivity index (χ4v) is 4.19. The molecule has 3 atom stereocenters. The van der Waals surface area contributed by atoms with Crippen molar-refractivity contribution in [3.63, 3.8) is 0 Å². The Balaban J connectivity index is 1.99. The Morgan fingerprint density at radius 1 is 1.29 bits per heavy atom. The molecule has 2 fully saturated rings. The summed E-state index contributed by atoms with van der Waals surface area (Å²) < 4.78 is 0. The number of thioether (sulfide) groups is 1. The van der Waals surface area contributed by atoms with Crippen LogP contribution in [0.1, 0.15) is 39.5 Å². The minimum absolute atomic E-state index is 0.749. The smallest absolute Gasteiger partial charge is 0.0224 e. The van der Waals surface area contributed by atoms with Gasteiger partial charge in [0.25, 0.3) is 0 Å². The van der Waals surface area contributed by atoms with E-state index in [4.69, 9.17) is 0 Å². The Hall–Kier alpha value is 0.270. The fraction of sp³-hybridized carbons (Fsp3) is 1.00. The number of hydrogen-bond donors (Lipinski definition) is 0. The maximum absolute atomic E-state index is 2.79. The lowest BCUT2D eigenvalue weighted by Gasteiger charge is -2.50. The predicted molar refractivity (Wildman–Crippen MR) is 77.8 cm³/mol. The highest BCUT2D eigenvalue weighted by Crippen LogP contribution is 2.27. The standard InChI is InChI=1S/C14H28N2S/c1-4-13-9-15-8-6-5-7-14(15)10-16(13)12(2)11-17-3/h12-14H,4-11H2,1-3H3. The highest BCUT2D eigenvalue weighted by Gasteiger charge is 2.35. The van der Waals surface area contributed by atoms with Crippen LogP contribution >= 0.6 is 11.8 Å². The first-order valence-electron chi connectivity index (χ1n) is 7.25. The molecule has 0 bridgehead atoms. The zero-order valence-corrected chi connectivity index (χ0v) is 12.5. The molecular formula is C14H28N2S. The summed E-state index contributed by atoms with van der Waals surface area (Å²) in [4.78, 5) is 5.56. The van der Waals surface area contributed by atoms with E-state index in [1.165, 1.54) is 51.1 Å². The molecule has 2 nitrogen and oxygen atoms in total. The summed E-state index contributed by atoms with van der Waals surface area (Å²) in [5.74, 6) is 1.28. The SMILES string of the molecule is CCC1CN2CCCCC2CN1C(C)CSC. The molecule has 0 aromatic rings. The van der Waals surface area contributed by atoms with Crippen molar-refractivity contribution >= 4 is 11.8 Å². The maximum Gasteiger partial charge on any atom is 0.0224 e. The van der Waals surface area contributed by atoms with Crippen molar-refractivity contribution in [3.05, 3.63) is 0 Å². The Morgan fingerprint density at radius 2 is 2.12 bits per heavy atom. The van der Waals surface area contributed by atoms with Gasteiger partial charge in [-0.3, -0.25) is 9.80 Å². The molecule has 0 N–H and O–H groups in total. The Labute approximate surface area is 111 Å². The quantitative estimate of drug-likeness (QED) is 0.763. The van der Waals surface area contributed by atoms with Crippen molar-refractivity contribution in [1.82, 2.24) is 9.80 Å². The second kappa shape index (κ2) is 6.44. The van der Waals surface area contributed by atoms with E-state index in [9.17, 15) is 0 Å². The molecular weight excluding hydrogens is 228 g/mol. The van der Waals surface area contributed by atoms with E-state index in [0.29, 0.717) is 0 Å². The Morgan fingerprint density at radius 3 is 2.82 bits per heavy atom. The summed E-state index contributed by atoms with van der Waals surface area (Å²) in [5.41, 5.74) is 0. The lowest BCUT2D eigenvalue weighted by molar-refractivity contribution is -0.00704. The fourth-order valence-electron chi connectivity index (χ4n) is 3.52. The van der Waals surface area contributed by atoms with Crippen LogP contribution < -0.4 is 0 Å². The summed E-state index contributed by atoms with van der Waals surface area (Å²) in [6, 6.07) is 2.40. The molecule has 0 aliphatic carbocycles. The first kappa shape index (κ1) is 13.7. The van der Waals surface area contributed by atoms with Crippen LogP contribution in [-0.2, 0) is 0 Å². The second-order valence-electron chi connectivity index (χ2n) is 5.71. The first-order chi connectivity index (χ1) is 8.26. The van der Waals surface area contributed by atoms with Crippen LogP contribution in [0.15, 0.2) is 0 Å². The molecule has 0 amide bonds. The summed E-state index contributed by atoms with van der Waals surface area (Å²) in [6.45, 7) is 8.76. The van der Waals surface area contributed by atoms with Gasteiger partial charge in [-0.15, -0.1) is 0 Å². The van der Waals surface area contributed by atoms with Crippen LogP contribution in [0.2, 0.25) is 0 Å². The van der Waals surface area contributed by atoms with E-state index in [1.54, 1.807) is 0 Å². The lowest BCUT2D eigenvalue weighted by atomic mass is 9.95. The van der Waals surface area contributed by atoms with E-state index in [2.05, 4.69) is 29.9 Å². The topological polar surface area (TPSA) is 6.48 Å². The Kier molecular flexibility index (Phi) is 5.19. The zero-order chi connectivity index (χ0) is 12.3. The number of nitrogens with zero attached hydrogens (tertiary/aromatic N) is 2. The highest BCUT2D eigenvalue weighted by molar-refractivity contribution is 7.98. The third-order valence-corrected chi connectivity index (χ3v) is 5.35. The molecule has 0 saturated carbocycles. The van der Waals surface area contributed by atoms with Crippen molar-refractivity contribution in [1.29, 1.82) is 0 Å². The summed E-state index contributed by atoms with van der Waals surface area (Å²) >= 11 is 1.99. The third kappa shape index (κ3) is 3.18. The highest BCUT2D eigenvalue weighted by atomic mass is 32.2. The molecule has 0 aromatic carbocycles. The molecule has 100 valence electrons. The van der Waals surface area contributed by atoms with E-state index in [1.807, 2.05) is 11.8 Å². The van der Waals surface area contributed by atoms with Crippen LogP contribution in [0.4, 0.5) is 0 Å². The molecule has 2 aliphatic heterocycles. The number of piperidine rings is 1. The van der Waals surface area contributed by atoms with Crippen LogP contribution in [-0.4, -0.2) is 59.6 Å². The minimum atomic E-state index is 0.749. The molecule has 3 unspecified atom stereocenters. The van der Waals surface area contributed by atoms with Gasteiger partial charge in [-0.2, -0.15) is 11.8 Å². The van der Waals surface area contributed by atoms with Gasteiger partial charge in [0.15, 0.2) is 0 Å². The van der Waals surface area contributed by atoms with Crippen molar-refractivity contribution in [2.24, 2.45) is 0 Å². The van der Waals surface area contributed by atoms with Crippen molar-refractivity contribution in [2.75, 3.05) is 31.6 Å². The van der Waals surface area contributed by atoms with Gasteiger partial charge in [0.05, 0.1) is 0 Å². The molecule has 2 rings (SSSR count). The maximum atomic E-state index is 2.79. The number of hydrogen-bond acceptors (Lipinski definition) is 3. The van der Waals surface area contributed by atoms with Gasteiger partial charge in [-0.1, -0.05) is 13.3 Å². The number of piperazine rings is 1. The van der Waals surface area contributed by atoms with Crippen molar-refractivity contribution in [2.45, 2.75) is 57.7 Å². The Bertz CT molecular complexity index is 234. The normalized spacial score (nSPS) is 33.4. The average molecular weight is 256 g/mol. The number of rotatable bonds is 4. The van der Waals surface area contributed by atoms with E-state index in [0.717, 1.165) is 18.1 Å². The molecule has 2 saturated heterocycles. The van der Waals surface area contributed by atoms with Crippen LogP contribution in [0.25, 0.3) is 0 Å². The summed E-state index contributed by atoms with van der Waals surface area (Å²) in [7, 11) is 0. The van der Waals surface area contributed by atoms with Gasteiger partial charge in [-0.25, -0.2) is 0 Å². The van der Waals surface area contributed by atoms with Gasteiger partial charge in [0.1, 0.15) is 0 Å². The van der Waals surface area contributed by atoms with Gasteiger partial charge in [-0.05, 0) is 39.0 Å². The van der Waals surface area contributed by atoms with E-state index < -0.39 is 0 Å². The largest absolute Gasteiger partial charge is 0.298 e. The second-order valence-corrected chi connectivity index (χ2v) is 6.62. The van der Waals surface area contributed by atoms with Crippen LogP contribution in [0, 0.1) is 0 Å². The van der Waals surface area contributed by atoms with Crippen LogP contribution in [0.5, 0.6) is 0 Å². The molecule has 0 spiro atoms. The predicted octanol–water partition coefficient (Wildman–Crippen LogP) is 2.69. The molecule has 3 heteroatoms. The number of fused-ring (bicyclic) bond motifs is 1. The molecule has 2 heterocycles. The summed E-state index contributed by atoms with van der Waals surface area (Å²) in [6.07, 6.45) is 7.84. The monoisotopic (exact) mass is 256 g/mol. The van der Waals surface area contributed by atoms with Crippen molar-refractivity contribution in [3.8, 4) is 0 Å². The van der Waals surface area contributed by atoms with Gasteiger partial charge in [0.2, 0.25) is 0 Å².